The highest BCUT2D eigenvalue weighted by atomic mass is 15.1. The van der Waals surface area contributed by atoms with Gasteiger partial charge >= 0.3 is 0 Å². The van der Waals surface area contributed by atoms with Gasteiger partial charge in [-0.1, -0.05) is 147 Å². The average molecular weight is 851 g/mol. The SMILES string of the molecule is CCCCc1cccc2c1-c1nc-2nc2c3ccccc3c(nc3nc(nc4[nH]c(n1)c1c(CCCC)c(CCCC)c(CCCC)c(CCCC)c41)-c1ccccc1-3)n2CCCC. The van der Waals surface area contributed by atoms with Crippen molar-refractivity contribution < 1.29 is 0 Å². The van der Waals surface area contributed by atoms with Crippen molar-refractivity contribution in [3.8, 4) is 45.6 Å². The van der Waals surface area contributed by atoms with Gasteiger partial charge in [-0.05, 0) is 98.4 Å². The number of H-pyrrole nitrogens is 1. The highest BCUT2D eigenvalue weighted by Gasteiger charge is 2.28. The number of nitrogens with one attached hydrogen (secondary N) is 1. The molecule has 0 atom stereocenters. The molecule has 0 saturated carbocycles. The summed E-state index contributed by atoms with van der Waals surface area (Å²) >= 11 is 0. The summed E-state index contributed by atoms with van der Waals surface area (Å²) in [5.74, 6) is 2.78. The molecular formula is C56H66N8. The lowest BCUT2D eigenvalue weighted by Crippen LogP contribution is -2.08. The fourth-order valence-electron chi connectivity index (χ4n) is 10.2. The van der Waals surface area contributed by atoms with Gasteiger partial charge in [0.05, 0.1) is 0 Å². The summed E-state index contributed by atoms with van der Waals surface area (Å²) in [5, 5.41) is 4.54. The molecule has 0 spiro atoms. The molecule has 0 saturated heterocycles. The Morgan fingerprint density at radius 1 is 0.406 bits per heavy atom. The van der Waals surface area contributed by atoms with Gasteiger partial charge in [-0.15, -0.1) is 0 Å². The van der Waals surface area contributed by atoms with Crippen molar-refractivity contribution >= 4 is 44.1 Å². The van der Waals surface area contributed by atoms with Crippen molar-refractivity contribution in [2.45, 2.75) is 157 Å². The van der Waals surface area contributed by atoms with Gasteiger partial charge in [0.1, 0.15) is 22.6 Å². The number of unbranched alkanes of at least 4 members (excludes halogenated alkanes) is 6. The normalized spacial score (nSPS) is 12.1. The van der Waals surface area contributed by atoms with Crippen molar-refractivity contribution in [3.63, 3.8) is 0 Å². The molecular weight excluding hydrogens is 785 g/mol. The van der Waals surface area contributed by atoms with Crippen LogP contribution in [0.4, 0.5) is 0 Å². The van der Waals surface area contributed by atoms with Gasteiger partial charge in [0, 0.05) is 50.3 Å². The Morgan fingerprint density at radius 3 is 1.39 bits per heavy atom. The monoisotopic (exact) mass is 851 g/mol. The standard InChI is InChI=1S/C56H66N8/c1-7-13-24-36-25-23-34-45-46(36)52-59-51(45)63-56-44-33-22-21-32-43(44)55(64(56)35-18-12-6)62-50-42-31-20-19-30-41(42)49(57-50)58-53-47-39(28-16-10-4)37(26-14-8-2)38(27-15-9-3)40(29-17-11-5)48(47)54(60-52)61-53/h19-23,25,30-34H,7-18,24,26-29,35H2,1-6H3,(H,57,58,59,60,61,62,63). The average Bonchev–Trinajstić information content (AvgIpc) is 4.05. The van der Waals surface area contributed by atoms with E-state index in [4.69, 9.17) is 29.9 Å². The number of rotatable bonds is 18. The lowest BCUT2D eigenvalue weighted by atomic mass is 9.82. The molecule has 0 amide bonds. The number of nitrogens with zero attached hydrogens (tertiary/aromatic N) is 7. The molecule has 9 rings (SSSR count). The quantitative estimate of drug-likeness (QED) is 0.0923. The maximum absolute atomic E-state index is 5.76. The van der Waals surface area contributed by atoms with Gasteiger partial charge in [0.15, 0.2) is 23.3 Å². The maximum Gasteiger partial charge on any atom is 0.165 e. The predicted octanol–water partition coefficient (Wildman–Crippen LogP) is 14.9. The molecule has 1 N–H and O–H groups in total. The fraction of sp³-hybridized carbons (Fsp3) is 0.429. The van der Waals surface area contributed by atoms with Gasteiger partial charge in [-0.2, -0.15) is 0 Å². The van der Waals surface area contributed by atoms with Gasteiger partial charge in [-0.25, -0.2) is 29.9 Å². The summed E-state index contributed by atoms with van der Waals surface area (Å²) in [7, 11) is 0. The number of aryl methyl sites for hydroxylation is 4. The number of hydrogen-bond acceptors (Lipinski definition) is 6. The number of hydrogen-bond donors (Lipinski definition) is 1. The molecule has 7 aromatic rings. The van der Waals surface area contributed by atoms with Crippen molar-refractivity contribution in [3.05, 3.63) is 94.5 Å². The molecule has 0 aliphatic carbocycles. The predicted molar refractivity (Wildman–Crippen MR) is 268 cm³/mol. The minimum absolute atomic E-state index is 0.676. The van der Waals surface area contributed by atoms with Gasteiger partial charge in [0.25, 0.3) is 0 Å². The van der Waals surface area contributed by atoms with Crippen LogP contribution < -0.4 is 0 Å². The Morgan fingerprint density at radius 2 is 0.844 bits per heavy atom. The van der Waals surface area contributed by atoms with Crippen LogP contribution in [0.5, 0.6) is 0 Å². The molecule has 0 radical (unpaired) electrons. The van der Waals surface area contributed by atoms with E-state index in [-0.39, 0.29) is 0 Å². The summed E-state index contributed by atoms with van der Waals surface area (Å²) in [4.78, 5) is 37.4. The first-order chi connectivity index (χ1) is 31.5. The van der Waals surface area contributed by atoms with Gasteiger partial charge < -0.3 is 9.55 Å². The lowest BCUT2D eigenvalue weighted by molar-refractivity contribution is 0.657. The molecule has 0 unspecified atom stereocenters. The first kappa shape index (κ1) is 43.5. The van der Waals surface area contributed by atoms with E-state index in [0.29, 0.717) is 17.5 Å². The van der Waals surface area contributed by atoms with Crippen LogP contribution >= 0.6 is 0 Å². The molecule has 0 fully saturated rings. The third-order valence-electron chi connectivity index (χ3n) is 13.5. The topological polar surface area (TPSA) is 98.1 Å². The van der Waals surface area contributed by atoms with E-state index in [1.807, 2.05) is 0 Å². The van der Waals surface area contributed by atoms with Crippen molar-refractivity contribution in [1.29, 1.82) is 0 Å². The van der Waals surface area contributed by atoms with E-state index >= 15 is 0 Å². The zero-order valence-electron chi connectivity index (χ0n) is 39.2. The van der Waals surface area contributed by atoms with Crippen molar-refractivity contribution in [2.75, 3.05) is 0 Å². The second-order valence-electron chi connectivity index (χ2n) is 18.1. The zero-order chi connectivity index (χ0) is 44.2. The molecule has 4 aromatic carbocycles. The Hall–Kier alpha value is -5.76. The van der Waals surface area contributed by atoms with E-state index in [1.165, 1.54) is 27.5 Å². The molecule has 8 heteroatoms. The first-order valence-electron chi connectivity index (χ1n) is 24.9. The van der Waals surface area contributed by atoms with Crippen LogP contribution in [0, 0.1) is 0 Å². The summed E-state index contributed by atoms with van der Waals surface area (Å²) in [5.41, 5.74) is 14.8. The molecule has 5 heterocycles. The number of fused-ring (bicyclic) bond motifs is 20. The second-order valence-corrected chi connectivity index (χ2v) is 18.1. The molecule has 2 aliphatic heterocycles. The first-order valence-corrected chi connectivity index (χ1v) is 24.9. The minimum Gasteiger partial charge on any atom is -0.324 e. The van der Waals surface area contributed by atoms with Crippen LogP contribution in [0.1, 0.15) is 146 Å². The minimum atomic E-state index is 0.676. The maximum atomic E-state index is 5.76. The summed E-state index contributed by atoms with van der Waals surface area (Å²) in [6.45, 7) is 14.6. The number of benzene rings is 4. The summed E-state index contributed by atoms with van der Waals surface area (Å²) in [6.07, 6.45) is 18.5. The van der Waals surface area contributed by atoms with Crippen LogP contribution in [0.25, 0.3) is 89.7 Å². The largest absolute Gasteiger partial charge is 0.324 e. The Kier molecular flexibility index (Phi) is 13.3. The smallest absolute Gasteiger partial charge is 0.165 e. The lowest BCUT2D eigenvalue weighted by Gasteiger charge is -2.22. The van der Waals surface area contributed by atoms with E-state index in [2.05, 4.69) is 118 Å². The molecule has 8 bridgehead atoms. The second kappa shape index (κ2) is 19.5. The summed E-state index contributed by atoms with van der Waals surface area (Å²) < 4.78 is 2.30. The Bertz CT molecular complexity index is 2990. The van der Waals surface area contributed by atoms with Gasteiger partial charge in [-0.3, -0.25) is 0 Å². The van der Waals surface area contributed by atoms with Crippen LogP contribution in [-0.4, -0.2) is 39.5 Å². The van der Waals surface area contributed by atoms with Crippen molar-refractivity contribution in [2.24, 2.45) is 0 Å². The van der Waals surface area contributed by atoms with E-state index < -0.39 is 0 Å². The highest BCUT2D eigenvalue weighted by Crippen LogP contribution is 2.43. The Labute approximate surface area is 379 Å². The summed E-state index contributed by atoms with van der Waals surface area (Å²) in [6, 6.07) is 23.7. The molecule has 3 aromatic heterocycles. The van der Waals surface area contributed by atoms with Crippen LogP contribution in [0.15, 0.2) is 66.7 Å². The number of aromatic nitrogens is 8. The third kappa shape index (κ3) is 8.02. The molecule has 2 aliphatic rings. The Balaban J connectivity index is 1.53. The molecule has 330 valence electrons. The zero-order valence-corrected chi connectivity index (χ0v) is 39.2. The molecule has 64 heavy (non-hydrogen) atoms. The fourth-order valence-corrected chi connectivity index (χ4v) is 10.2. The van der Waals surface area contributed by atoms with E-state index in [0.717, 1.165) is 177 Å². The molecule has 8 nitrogen and oxygen atoms in total. The third-order valence-corrected chi connectivity index (χ3v) is 13.5. The van der Waals surface area contributed by atoms with Crippen LogP contribution in [0.2, 0.25) is 0 Å². The van der Waals surface area contributed by atoms with E-state index in [9.17, 15) is 0 Å². The van der Waals surface area contributed by atoms with Crippen molar-refractivity contribution in [1.82, 2.24) is 39.5 Å². The highest BCUT2D eigenvalue weighted by molar-refractivity contribution is 6.10. The van der Waals surface area contributed by atoms with Gasteiger partial charge in [0.2, 0.25) is 0 Å². The van der Waals surface area contributed by atoms with E-state index in [1.54, 1.807) is 11.1 Å². The van der Waals surface area contributed by atoms with Crippen LogP contribution in [0.3, 0.4) is 0 Å². The van der Waals surface area contributed by atoms with Crippen LogP contribution in [-0.2, 0) is 38.6 Å². The number of aromatic amines is 1.